The molecule has 1 heterocycles. The third kappa shape index (κ3) is 4.75. The van der Waals surface area contributed by atoms with E-state index < -0.39 is 5.97 Å². The number of nitrogens with zero attached hydrogens (tertiary/aromatic N) is 2. The number of rotatable bonds is 7. The largest absolute Gasteiger partial charge is 0.478 e. The molecule has 1 saturated carbocycles. The van der Waals surface area contributed by atoms with Crippen molar-refractivity contribution in [1.29, 1.82) is 0 Å². The van der Waals surface area contributed by atoms with Gasteiger partial charge in [-0.15, -0.1) is 0 Å². The topological polar surface area (TPSA) is 67.2 Å². The molecule has 5 heteroatoms. The Bertz CT molecular complexity index is 1570. The summed E-state index contributed by atoms with van der Waals surface area (Å²) in [5.41, 5.74) is 5.61. The van der Waals surface area contributed by atoms with Crippen LogP contribution in [0.1, 0.15) is 59.6 Å². The maximum atomic E-state index is 11.6. The Balaban J connectivity index is 1.30. The van der Waals surface area contributed by atoms with Crippen molar-refractivity contribution in [1.82, 2.24) is 14.9 Å². The number of hydrogen-bond acceptors (Lipinski definition) is 3. The molecular weight excluding hydrogens is 458 g/mol. The van der Waals surface area contributed by atoms with Crippen molar-refractivity contribution < 1.29 is 9.90 Å². The highest BCUT2D eigenvalue weighted by molar-refractivity contribution is 5.93. The van der Waals surface area contributed by atoms with Gasteiger partial charge < -0.3 is 15.0 Å². The number of aromatic nitrogens is 2. The number of carbonyl (C=O) groups is 1. The van der Waals surface area contributed by atoms with Crippen molar-refractivity contribution in [2.75, 3.05) is 0 Å². The lowest BCUT2D eigenvalue weighted by molar-refractivity contribution is 0.0697. The Morgan fingerprint density at radius 2 is 1.70 bits per heavy atom. The molecule has 0 radical (unpaired) electrons. The van der Waals surface area contributed by atoms with Gasteiger partial charge in [0, 0.05) is 24.7 Å². The molecule has 0 atom stereocenters. The van der Waals surface area contributed by atoms with Gasteiger partial charge in [-0.3, -0.25) is 0 Å². The van der Waals surface area contributed by atoms with E-state index in [4.69, 9.17) is 4.98 Å². The molecule has 0 unspecified atom stereocenters. The zero-order valence-corrected chi connectivity index (χ0v) is 20.9. The van der Waals surface area contributed by atoms with Gasteiger partial charge in [-0.2, -0.15) is 0 Å². The van der Waals surface area contributed by atoms with E-state index in [2.05, 4.69) is 76.6 Å². The van der Waals surface area contributed by atoms with Crippen LogP contribution in [0.5, 0.6) is 0 Å². The molecule has 1 aliphatic carbocycles. The summed E-state index contributed by atoms with van der Waals surface area (Å²) in [5.74, 6) is 0.00951. The first-order valence-electron chi connectivity index (χ1n) is 13.2. The van der Waals surface area contributed by atoms with E-state index >= 15 is 0 Å². The van der Waals surface area contributed by atoms with Gasteiger partial charge in [0.25, 0.3) is 0 Å². The van der Waals surface area contributed by atoms with Gasteiger partial charge in [0.2, 0.25) is 0 Å². The van der Waals surface area contributed by atoms with Gasteiger partial charge in [-0.25, -0.2) is 9.78 Å². The van der Waals surface area contributed by atoms with Gasteiger partial charge >= 0.3 is 5.97 Å². The Morgan fingerprint density at radius 1 is 0.892 bits per heavy atom. The number of carboxylic acid groups (broad SMARTS) is 1. The van der Waals surface area contributed by atoms with Crippen LogP contribution in [-0.4, -0.2) is 20.6 Å². The third-order valence-electron chi connectivity index (χ3n) is 7.59. The summed E-state index contributed by atoms with van der Waals surface area (Å²) in [5, 5.41) is 15.7. The van der Waals surface area contributed by atoms with E-state index in [1.165, 1.54) is 41.2 Å². The third-order valence-corrected chi connectivity index (χ3v) is 7.59. The molecule has 0 aliphatic heterocycles. The van der Waals surface area contributed by atoms with Crippen LogP contribution in [0.15, 0.2) is 84.9 Å². The van der Waals surface area contributed by atoms with E-state index in [1.54, 1.807) is 12.1 Å². The van der Waals surface area contributed by atoms with Gasteiger partial charge in [0.1, 0.15) is 5.82 Å². The summed E-state index contributed by atoms with van der Waals surface area (Å²) in [6, 6.07) is 29.3. The number of carboxylic acids is 1. The van der Waals surface area contributed by atoms with Gasteiger partial charge in [0.05, 0.1) is 16.6 Å². The minimum atomic E-state index is -0.921. The van der Waals surface area contributed by atoms with E-state index in [0.717, 1.165) is 48.4 Å². The zero-order chi connectivity index (χ0) is 25.2. The quantitative estimate of drug-likeness (QED) is 0.251. The van der Waals surface area contributed by atoms with E-state index in [-0.39, 0.29) is 5.56 Å². The molecule has 0 spiro atoms. The fraction of sp³-hybridized carbons (Fsp3) is 0.250. The van der Waals surface area contributed by atoms with Crippen molar-refractivity contribution in [2.24, 2.45) is 0 Å². The molecule has 4 aromatic carbocycles. The predicted molar refractivity (Wildman–Crippen MR) is 149 cm³/mol. The summed E-state index contributed by atoms with van der Waals surface area (Å²) in [7, 11) is 0. The molecule has 2 N–H and O–H groups in total. The highest BCUT2D eigenvalue weighted by Gasteiger charge is 2.23. The minimum Gasteiger partial charge on any atom is -0.478 e. The van der Waals surface area contributed by atoms with E-state index in [1.807, 2.05) is 6.07 Å². The van der Waals surface area contributed by atoms with Crippen molar-refractivity contribution in [3.05, 3.63) is 102 Å². The lowest BCUT2D eigenvalue weighted by atomic mass is 9.94. The van der Waals surface area contributed by atoms with Crippen LogP contribution in [0.2, 0.25) is 0 Å². The molecule has 5 nitrogen and oxygen atoms in total. The van der Waals surface area contributed by atoms with Crippen molar-refractivity contribution in [2.45, 2.75) is 51.2 Å². The summed E-state index contributed by atoms with van der Waals surface area (Å²) < 4.78 is 2.36. The Labute approximate surface area is 216 Å². The molecule has 1 aliphatic rings. The number of nitrogens with one attached hydrogen (secondary N) is 1. The maximum Gasteiger partial charge on any atom is 0.335 e. The van der Waals surface area contributed by atoms with Crippen LogP contribution in [-0.2, 0) is 13.1 Å². The molecule has 6 rings (SSSR count). The van der Waals surface area contributed by atoms with Gasteiger partial charge in [0.15, 0.2) is 0 Å². The molecule has 0 bridgehead atoms. The molecule has 37 heavy (non-hydrogen) atoms. The smallest absolute Gasteiger partial charge is 0.335 e. The van der Waals surface area contributed by atoms with Crippen molar-refractivity contribution in [3.8, 4) is 11.4 Å². The molecule has 0 amide bonds. The number of aromatic carboxylic acids is 1. The van der Waals surface area contributed by atoms with Gasteiger partial charge in [-0.05, 0) is 59.0 Å². The van der Waals surface area contributed by atoms with Crippen molar-refractivity contribution >= 4 is 27.8 Å². The number of hydrogen-bond donors (Lipinski definition) is 2. The Morgan fingerprint density at radius 3 is 2.57 bits per heavy atom. The Kier molecular flexibility index (Phi) is 6.46. The first kappa shape index (κ1) is 23.4. The van der Waals surface area contributed by atoms with E-state index in [9.17, 15) is 9.90 Å². The average Bonchev–Trinajstić information content (AvgIpc) is 3.33. The van der Waals surface area contributed by atoms with E-state index in [0.29, 0.717) is 6.04 Å². The second-order valence-electron chi connectivity index (χ2n) is 10.0. The summed E-state index contributed by atoms with van der Waals surface area (Å²) in [6.45, 7) is 1.55. The molecule has 5 aromatic rings. The normalized spacial score (nSPS) is 14.4. The van der Waals surface area contributed by atoms with Crippen LogP contribution in [0.25, 0.3) is 33.2 Å². The molecular formula is C32H31N3O2. The highest BCUT2D eigenvalue weighted by atomic mass is 16.4. The standard InChI is InChI=1S/C32H31N3O2/c36-32(37)25-16-17-30-29(19-25)34-31(35(30)27-13-2-1-3-14-27)24-11-6-8-22(18-24)20-33-21-26-12-7-10-23-9-4-5-15-28(23)26/h4-12,15-19,27,33H,1-3,13-14,20-21H2,(H,36,37). The molecule has 1 aromatic heterocycles. The number of benzene rings is 4. The van der Waals surface area contributed by atoms with Crippen LogP contribution in [0.4, 0.5) is 0 Å². The average molecular weight is 490 g/mol. The van der Waals surface area contributed by atoms with Crippen LogP contribution < -0.4 is 5.32 Å². The van der Waals surface area contributed by atoms with Crippen molar-refractivity contribution in [3.63, 3.8) is 0 Å². The maximum absolute atomic E-state index is 11.6. The summed E-state index contributed by atoms with van der Waals surface area (Å²) in [6.07, 6.45) is 5.97. The second-order valence-corrected chi connectivity index (χ2v) is 10.0. The predicted octanol–water partition coefficient (Wildman–Crippen LogP) is 7.35. The molecule has 1 fully saturated rings. The fourth-order valence-corrected chi connectivity index (χ4v) is 5.75. The first-order chi connectivity index (χ1) is 18.2. The lowest BCUT2D eigenvalue weighted by Crippen LogP contribution is -2.14. The number of fused-ring (bicyclic) bond motifs is 2. The molecule has 0 saturated heterocycles. The Hall–Kier alpha value is -3.96. The highest BCUT2D eigenvalue weighted by Crippen LogP contribution is 2.36. The second kappa shape index (κ2) is 10.2. The summed E-state index contributed by atoms with van der Waals surface area (Å²) >= 11 is 0. The fourth-order valence-electron chi connectivity index (χ4n) is 5.75. The van der Waals surface area contributed by atoms with Crippen LogP contribution in [0.3, 0.4) is 0 Å². The van der Waals surface area contributed by atoms with Gasteiger partial charge in [-0.1, -0.05) is 79.9 Å². The monoisotopic (exact) mass is 489 g/mol. The first-order valence-corrected chi connectivity index (χ1v) is 13.2. The SMILES string of the molecule is O=C(O)c1ccc2c(c1)nc(-c1cccc(CNCc3cccc4ccccc34)c1)n2C1CCCCC1. The summed E-state index contributed by atoms with van der Waals surface area (Å²) in [4.78, 5) is 16.6. The molecule has 186 valence electrons. The minimum absolute atomic E-state index is 0.277. The van der Waals surface area contributed by atoms with Crippen LogP contribution in [0, 0.1) is 0 Å². The number of imidazole rings is 1. The van der Waals surface area contributed by atoms with Crippen LogP contribution >= 0.6 is 0 Å². The lowest BCUT2D eigenvalue weighted by Gasteiger charge is -2.25. The zero-order valence-electron chi connectivity index (χ0n) is 20.9.